The third-order valence-corrected chi connectivity index (χ3v) is 6.57. The lowest BCUT2D eigenvalue weighted by Crippen LogP contribution is -2.39. The summed E-state index contributed by atoms with van der Waals surface area (Å²) >= 11 is 0. The molecular formula is C24H30N6O7. The number of nitrogens with zero attached hydrogens (tertiary/aromatic N) is 5. The lowest BCUT2D eigenvalue weighted by molar-refractivity contribution is -0.165. The van der Waals surface area contributed by atoms with E-state index in [1.54, 1.807) is 0 Å². The minimum Gasteiger partial charge on any atom is -0.479 e. The Labute approximate surface area is 211 Å². The topological polar surface area (TPSA) is 193 Å². The third kappa shape index (κ3) is 5.47. The summed E-state index contributed by atoms with van der Waals surface area (Å²) in [4.78, 5) is 46.4. The van der Waals surface area contributed by atoms with Gasteiger partial charge in [0.25, 0.3) is 0 Å². The highest BCUT2D eigenvalue weighted by molar-refractivity contribution is 5.83. The number of rotatable bonds is 8. The molecule has 4 aliphatic rings. The summed E-state index contributed by atoms with van der Waals surface area (Å²) in [6.07, 6.45) is 4.39. The highest BCUT2D eigenvalue weighted by Crippen LogP contribution is 2.38. The van der Waals surface area contributed by atoms with Crippen LogP contribution in [-0.2, 0) is 29.1 Å². The van der Waals surface area contributed by atoms with E-state index in [-0.39, 0.29) is 11.7 Å². The molecule has 3 atom stereocenters. The average molecular weight is 515 g/mol. The smallest absolute Gasteiger partial charge is 0.335 e. The predicted octanol–water partition coefficient (Wildman–Crippen LogP) is 0.531. The average Bonchev–Trinajstić information content (AvgIpc) is 3.45. The zero-order chi connectivity index (χ0) is 26.7. The van der Waals surface area contributed by atoms with Gasteiger partial charge in [-0.2, -0.15) is 0 Å². The second-order valence-corrected chi connectivity index (χ2v) is 9.24. The molecule has 0 aromatic carbocycles. The number of carboxylic acid groups (broad SMARTS) is 2. The summed E-state index contributed by atoms with van der Waals surface area (Å²) in [5.41, 5.74) is 2.08. The van der Waals surface area contributed by atoms with Crippen LogP contribution in [-0.4, -0.2) is 74.7 Å². The molecular weight excluding hydrogens is 484 g/mol. The van der Waals surface area contributed by atoms with E-state index in [9.17, 15) is 14.4 Å². The van der Waals surface area contributed by atoms with Crippen molar-refractivity contribution >= 4 is 17.8 Å². The van der Waals surface area contributed by atoms with E-state index in [0.29, 0.717) is 19.0 Å². The van der Waals surface area contributed by atoms with E-state index in [1.807, 2.05) is 33.7 Å². The van der Waals surface area contributed by atoms with Crippen LogP contribution in [0.3, 0.4) is 0 Å². The van der Waals surface area contributed by atoms with Crippen LogP contribution in [0.1, 0.15) is 49.9 Å². The van der Waals surface area contributed by atoms with Gasteiger partial charge in [0, 0.05) is 37.4 Å². The number of hydrogen-bond donors (Lipinski definition) is 5. The lowest BCUT2D eigenvalue weighted by Gasteiger charge is -2.21. The standard InChI is InChI=1S/C20H24N6O.C4H6O6/c1-2-10-25-19-16(23-17(24-19)14-4-3-5-14)18-22-15(12-26(18)20(25)27)11-13-6-8-21-9-7-13;5-1(3(7)8)2(6)4(9)10/h6-9,14-15,22H,2-5,10-12H2,1H3;1-2,5-6H,(H,7,8)(H,9,10)/t15-;/m1./s1. The lowest BCUT2D eigenvalue weighted by atomic mass is 9.85. The maximum atomic E-state index is 13.1. The van der Waals surface area contributed by atoms with E-state index in [1.165, 1.54) is 12.0 Å². The first-order valence-electron chi connectivity index (χ1n) is 12.2. The summed E-state index contributed by atoms with van der Waals surface area (Å²) in [6, 6.07) is 4.22. The number of fused-ring (bicyclic) bond motifs is 3. The van der Waals surface area contributed by atoms with E-state index in [4.69, 9.17) is 30.4 Å². The van der Waals surface area contributed by atoms with Gasteiger partial charge in [-0.25, -0.2) is 24.4 Å². The van der Waals surface area contributed by atoms with Gasteiger partial charge in [0.1, 0.15) is 17.3 Å². The third-order valence-electron chi connectivity index (χ3n) is 6.57. The second kappa shape index (κ2) is 11.0. The van der Waals surface area contributed by atoms with Gasteiger partial charge in [-0.3, -0.25) is 14.1 Å². The number of anilines is 1. The molecule has 5 N–H and O–H groups in total. The molecule has 1 aliphatic carbocycles. The van der Waals surface area contributed by atoms with E-state index in [2.05, 4.69) is 17.2 Å². The van der Waals surface area contributed by atoms with Gasteiger partial charge in [-0.1, -0.05) is 13.3 Å². The second-order valence-electron chi connectivity index (χ2n) is 9.24. The van der Waals surface area contributed by atoms with Gasteiger partial charge in [0.2, 0.25) is 0 Å². The highest BCUT2D eigenvalue weighted by atomic mass is 16.4. The van der Waals surface area contributed by atoms with Crippen molar-refractivity contribution < 1.29 is 30.0 Å². The molecule has 37 heavy (non-hydrogen) atoms. The fourth-order valence-corrected chi connectivity index (χ4v) is 4.40. The van der Waals surface area contributed by atoms with Crippen molar-refractivity contribution in [3.05, 3.63) is 46.4 Å². The molecule has 1 saturated carbocycles. The zero-order valence-corrected chi connectivity index (χ0v) is 20.3. The number of carboxylic acids is 2. The Morgan fingerprint density at radius 1 is 1.11 bits per heavy atom. The number of aromatic nitrogens is 5. The Bertz CT molecular complexity index is 1270. The molecule has 0 spiro atoms. The molecule has 0 bridgehead atoms. The normalized spacial score (nSPS) is 18.2. The minimum absolute atomic E-state index is 0.0177. The summed E-state index contributed by atoms with van der Waals surface area (Å²) in [5.74, 6) is -0.595. The molecule has 1 aromatic heterocycles. The molecule has 13 nitrogen and oxygen atoms in total. The number of carbonyl (C=O) groups is 2. The molecule has 0 amide bonds. The maximum Gasteiger partial charge on any atom is 0.335 e. The van der Waals surface area contributed by atoms with Crippen LogP contribution < -0.4 is 11.0 Å². The number of aliphatic carboxylic acids is 2. The first kappa shape index (κ1) is 26.2. The Balaban J connectivity index is 0.000000275. The van der Waals surface area contributed by atoms with Crippen molar-refractivity contribution in [2.45, 2.75) is 76.3 Å². The minimum atomic E-state index is -2.27. The van der Waals surface area contributed by atoms with Gasteiger partial charge in [-0.05, 0) is 43.4 Å². The van der Waals surface area contributed by atoms with Crippen LogP contribution in [0.4, 0.5) is 5.82 Å². The van der Waals surface area contributed by atoms with Crippen LogP contribution in [0.5, 0.6) is 0 Å². The molecule has 13 heteroatoms. The zero-order valence-electron chi connectivity index (χ0n) is 20.3. The molecule has 0 radical (unpaired) electrons. The Morgan fingerprint density at radius 2 is 1.76 bits per heavy atom. The molecule has 1 aromatic rings. The fourth-order valence-electron chi connectivity index (χ4n) is 4.40. The van der Waals surface area contributed by atoms with Crippen molar-refractivity contribution in [1.82, 2.24) is 24.1 Å². The summed E-state index contributed by atoms with van der Waals surface area (Å²) in [6.45, 7) is 3.42. The predicted molar refractivity (Wildman–Crippen MR) is 130 cm³/mol. The molecule has 4 heterocycles. The van der Waals surface area contributed by atoms with Gasteiger partial charge >= 0.3 is 17.6 Å². The number of pyridine rings is 1. The van der Waals surface area contributed by atoms with Gasteiger partial charge < -0.3 is 25.7 Å². The molecule has 3 aliphatic heterocycles. The number of nitrogens with one attached hydrogen (secondary N) is 1. The number of imidazole rings is 1. The van der Waals surface area contributed by atoms with Gasteiger partial charge in [0.05, 0.1) is 0 Å². The first-order valence-corrected chi connectivity index (χ1v) is 12.2. The van der Waals surface area contributed by atoms with Crippen molar-refractivity contribution in [3.63, 3.8) is 0 Å². The van der Waals surface area contributed by atoms with E-state index < -0.39 is 24.1 Å². The SMILES string of the molecule is CCCn1c2nc(C3CCC3)nc-2c2n(c1=O)C[C@@H](Cc1ccncc1)N2.O=C(O)C(O)C(O)C(=O)O. The van der Waals surface area contributed by atoms with Crippen molar-refractivity contribution in [2.24, 2.45) is 0 Å². The fraction of sp³-hybridized carbons (Fsp3) is 0.500. The summed E-state index contributed by atoms with van der Waals surface area (Å²) < 4.78 is 3.66. The Morgan fingerprint density at radius 3 is 2.30 bits per heavy atom. The first-order chi connectivity index (χ1) is 17.7. The quantitative estimate of drug-likeness (QED) is 0.281. The number of hydrogen-bond acceptors (Lipinski definition) is 9. The van der Waals surface area contributed by atoms with Crippen LogP contribution in [0.2, 0.25) is 0 Å². The highest BCUT2D eigenvalue weighted by Gasteiger charge is 2.34. The van der Waals surface area contributed by atoms with E-state index >= 15 is 0 Å². The molecule has 198 valence electrons. The molecule has 0 saturated heterocycles. The Kier molecular flexibility index (Phi) is 7.83. The largest absolute Gasteiger partial charge is 0.479 e. The van der Waals surface area contributed by atoms with Crippen LogP contribution in [0.15, 0.2) is 29.3 Å². The maximum absolute atomic E-state index is 13.1. The van der Waals surface area contributed by atoms with Crippen LogP contribution in [0, 0.1) is 0 Å². The van der Waals surface area contributed by atoms with Crippen molar-refractivity contribution in [3.8, 4) is 11.5 Å². The number of aliphatic hydroxyl groups is 2. The van der Waals surface area contributed by atoms with Gasteiger partial charge in [-0.15, -0.1) is 0 Å². The summed E-state index contributed by atoms with van der Waals surface area (Å²) in [7, 11) is 0. The summed E-state index contributed by atoms with van der Waals surface area (Å²) in [5, 5.41) is 36.1. The van der Waals surface area contributed by atoms with E-state index in [0.717, 1.165) is 48.8 Å². The molecule has 1 fully saturated rings. The van der Waals surface area contributed by atoms with Crippen LogP contribution >= 0.6 is 0 Å². The monoisotopic (exact) mass is 514 g/mol. The molecule has 5 rings (SSSR count). The van der Waals surface area contributed by atoms with Crippen molar-refractivity contribution in [2.75, 3.05) is 5.32 Å². The molecule has 2 unspecified atom stereocenters. The number of aliphatic hydroxyl groups excluding tert-OH is 2. The van der Waals surface area contributed by atoms with Crippen molar-refractivity contribution in [1.29, 1.82) is 0 Å². The Hall–Kier alpha value is -3.84. The van der Waals surface area contributed by atoms with Crippen LogP contribution in [0.25, 0.3) is 11.5 Å². The van der Waals surface area contributed by atoms with Gasteiger partial charge in [0.15, 0.2) is 18.0 Å².